The Labute approximate surface area is 188 Å². The first-order valence-electron chi connectivity index (χ1n) is 11.5. The zero-order chi connectivity index (χ0) is 22.1. The van der Waals surface area contributed by atoms with E-state index < -0.39 is 0 Å². The van der Waals surface area contributed by atoms with Gasteiger partial charge in [0.2, 0.25) is 5.95 Å². The maximum atomic E-state index is 5.92. The van der Waals surface area contributed by atoms with Crippen molar-refractivity contribution in [2.75, 3.05) is 37.8 Å². The van der Waals surface area contributed by atoms with Crippen molar-refractivity contribution < 1.29 is 4.74 Å². The number of anilines is 2. The van der Waals surface area contributed by atoms with Crippen LogP contribution in [-0.2, 0) is 13.1 Å². The molecule has 0 amide bonds. The number of likely N-dealkylation sites (tertiary alicyclic amines) is 1. The van der Waals surface area contributed by atoms with Crippen LogP contribution in [0.1, 0.15) is 37.3 Å². The number of methoxy groups -OCH3 is 1. The minimum absolute atomic E-state index is 0.254. The molecule has 9 nitrogen and oxygen atoms in total. The Morgan fingerprint density at radius 2 is 2.19 bits per heavy atom. The molecule has 1 aromatic carbocycles. The largest absolute Gasteiger partial charge is 0.496 e. The monoisotopic (exact) mass is 436 g/mol. The first-order chi connectivity index (χ1) is 15.6. The zero-order valence-electron chi connectivity index (χ0n) is 18.8. The van der Waals surface area contributed by atoms with Gasteiger partial charge in [-0.05, 0) is 24.5 Å². The summed E-state index contributed by atoms with van der Waals surface area (Å²) in [6.07, 6.45) is 5.35. The molecule has 32 heavy (non-hydrogen) atoms. The van der Waals surface area contributed by atoms with E-state index in [1.165, 1.54) is 12.0 Å². The van der Waals surface area contributed by atoms with Crippen molar-refractivity contribution in [2.24, 2.45) is 0 Å². The van der Waals surface area contributed by atoms with Crippen molar-refractivity contribution in [3.8, 4) is 5.75 Å². The quantitative estimate of drug-likeness (QED) is 0.439. The summed E-state index contributed by atoms with van der Waals surface area (Å²) in [5, 5.41) is 11.6. The second-order valence-electron chi connectivity index (χ2n) is 8.84. The fraction of sp³-hybridized carbons (Fsp3) is 0.522. The van der Waals surface area contributed by atoms with Gasteiger partial charge < -0.3 is 21.1 Å². The highest BCUT2D eigenvalue weighted by molar-refractivity contribution is 5.85. The highest BCUT2D eigenvalue weighted by Crippen LogP contribution is 2.28. The Kier molecular flexibility index (Phi) is 5.84. The first-order valence-corrected chi connectivity index (χ1v) is 11.5. The van der Waals surface area contributed by atoms with Crippen LogP contribution in [0.4, 0.5) is 11.8 Å². The predicted octanol–water partition coefficient (Wildman–Crippen LogP) is 2.22. The molecule has 2 fully saturated rings. The van der Waals surface area contributed by atoms with Gasteiger partial charge in [-0.1, -0.05) is 25.5 Å². The third-order valence-corrected chi connectivity index (χ3v) is 6.49. The zero-order valence-corrected chi connectivity index (χ0v) is 18.8. The maximum Gasteiger partial charge on any atom is 0.222 e. The number of nitrogens with zero attached hydrogens (tertiary/aromatic N) is 5. The first kappa shape index (κ1) is 21.0. The highest BCUT2D eigenvalue weighted by Gasteiger charge is 2.37. The summed E-state index contributed by atoms with van der Waals surface area (Å²) >= 11 is 0. The lowest BCUT2D eigenvalue weighted by molar-refractivity contribution is 0.217. The van der Waals surface area contributed by atoms with Crippen molar-refractivity contribution in [1.29, 1.82) is 0 Å². The Morgan fingerprint density at radius 3 is 2.94 bits per heavy atom. The van der Waals surface area contributed by atoms with E-state index in [1.54, 1.807) is 7.11 Å². The molecule has 4 N–H and O–H groups in total. The van der Waals surface area contributed by atoms with E-state index >= 15 is 0 Å². The van der Waals surface area contributed by atoms with Gasteiger partial charge in [0.25, 0.3) is 0 Å². The number of aromatic nitrogens is 4. The number of hydrogen-bond donors (Lipinski definition) is 3. The van der Waals surface area contributed by atoms with E-state index in [0.29, 0.717) is 24.4 Å². The molecule has 0 saturated carbocycles. The summed E-state index contributed by atoms with van der Waals surface area (Å²) in [5.41, 5.74) is 9.76. The molecule has 2 aromatic heterocycles. The molecule has 2 unspecified atom stereocenters. The molecule has 5 rings (SSSR count). The van der Waals surface area contributed by atoms with E-state index in [1.807, 2.05) is 10.9 Å². The number of rotatable bonds is 9. The predicted molar refractivity (Wildman–Crippen MR) is 126 cm³/mol. The average molecular weight is 437 g/mol. The van der Waals surface area contributed by atoms with E-state index in [-0.39, 0.29) is 5.95 Å². The summed E-state index contributed by atoms with van der Waals surface area (Å²) in [4.78, 5) is 11.3. The molecule has 0 aliphatic carbocycles. The van der Waals surface area contributed by atoms with Gasteiger partial charge in [0.05, 0.1) is 19.9 Å². The Bertz CT molecular complexity index is 1100. The SMILES string of the molecule is CCCCNc1nc(N)nc2cn(Cc3ccc(CN4CC5CC4CN5)cc3OC)nc12. The molecular formula is C23H32N8O. The van der Waals surface area contributed by atoms with Crippen LogP contribution in [0.25, 0.3) is 11.0 Å². The molecule has 2 aliphatic rings. The molecule has 2 bridgehead atoms. The number of piperazine rings is 1. The lowest BCUT2D eigenvalue weighted by Gasteiger charge is -2.27. The molecule has 0 spiro atoms. The average Bonchev–Trinajstić information content (AvgIpc) is 3.50. The standard InChI is InChI=1S/C23H32N8O/c1-3-4-7-25-22-21-19(27-23(24)28-22)14-31(29-21)12-16-6-5-15(8-20(16)32-2)11-30-13-17-9-18(30)10-26-17/h5-6,8,14,17-18,26H,3-4,7,9-13H2,1-2H3,(H3,24,25,27,28). The van der Waals surface area contributed by atoms with Gasteiger partial charge in [0.1, 0.15) is 11.3 Å². The topological polar surface area (TPSA) is 106 Å². The molecule has 2 aliphatic heterocycles. The summed E-state index contributed by atoms with van der Waals surface area (Å²) < 4.78 is 7.62. The van der Waals surface area contributed by atoms with Crippen molar-refractivity contribution in [3.05, 3.63) is 35.5 Å². The number of nitrogen functional groups attached to an aromatic ring is 1. The van der Waals surface area contributed by atoms with Crippen LogP contribution in [0.3, 0.4) is 0 Å². The third kappa shape index (κ3) is 4.22. The van der Waals surface area contributed by atoms with E-state index in [0.717, 1.165) is 61.4 Å². The van der Waals surface area contributed by atoms with Crippen LogP contribution in [-0.4, -0.2) is 63.5 Å². The van der Waals surface area contributed by atoms with Gasteiger partial charge in [0.15, 0.2) is 11.3 Å². The third-order valence-electron chi connectivity index (χ3n) is 6.49. The van der Waals surface area contributed by atoms with Crippen LogP contribution in [0.15, 0.2) is 24.4 Å². The van der Waals surface area contributed by atoms with Gasteiger partial charge in [0, 0.05) is 43.8 Å². The lowest BCUT2D eigenvalue weighted by atomic mass is 10.1. The number of fused-ring (bicyclic) bond motifs is 3. The molecule has 2 saturated heterocycles. The number of nitrogens with one attached hydrogen (secondary N) is 2. The van der Waals surface area contributed by atoms with Gasteiger partial charge in [-0.2, -0.15) is 10.1 Å². The lowest BCUT2D eigenvalue weighted by Crippen LogP contribution is -2.42. The Morgan fingerprint density at radius 1 is 1.28 bits per heavy atom. The van der Waals surface area contributed by atoms with Gasteiger partial charge in [-0.25, -0.2) is 4.98 Å². The van der Waals surface area contributed by atoms with Crippen molar-refractivity contribution in [1.82, 2.24) is 30.0 Å². The highest BCUT2D eigenvalue weighted by atomic mass is 16.5. The number of unbranched alkanes of at least 4 members (excludes halogenated alkanes) is 1. The number of hydrogen-bond acceptors (Lipinski definition) is 8. The summed E-state index contributed by atoms with van der Waals surface area (Å²) in [6, 6.07) is 7.83. The van der Waals surface area contributed by atoms with Crippen LogP contribution in [0.2, 0.25) is 0 Å². The maximum absolute atomic E-state index is 5.92. The van der Waals surface area contributed by atoms with Crippen LogP contribution >= 0.6 is 0 Å². The second kappa shape index (κ2) is 8.91. The molecule has 4 heterocycles. The minimum atomic E-state index is 0.254. The summed E-state index contributed by atoms with van der Waals surface area (Å²) in [6.45, 7) is 6.78. The fourth-order valence-corrected chi connectivity index (χ4v) is 4.83. The molecule has 3 aromatic rings. The van der Waals surface area contributed by atoms with Gasteiger partial charge >= 0.3 is 0 Å². The Balaban J connectivity index is 1.34. The van der Waals surface area contributed by atoms with Gasteiger partial charge in [-0.15, -0.1) is 0 Å². The van der Waals surface area contributed by atoms with Crippen molar-refractivity contribution in [2.45, 2.75) is 51.4 Å². The normalized spacial score (nSPS) is 20.3. The second-order valence-corrected chi connectivity index (χ2v) is 8.84. The van der Waals surface area contributed by atoms with E-state index in [4.69, 9.17) is 15.6 Å². The summed E-state index contributed by atoms with van der Waals surface area (Å²) in [7, 11) is 1.73. The van der Waals surface area contributed by atoms with Crippen molar-refractivity contribution >= 4 is 22.8 Å². The molecule has 170 valence electrons. The Hall–Kier alpha value is -2.91. The molecule has 9 heteroatoms. The number of nitrogens with two attached hydrogens (primary N) is 1. The minimum Gasteiger partial charge on any atom is -0.496 e. The summed E-state index contributed by atoms with van der Waals surface area (Å²) in [5.74, 6) is 1.83. The molecule has 0 radical (unpaired) electrons. The van der Waals surface area contributed by atoms with Gasteiger partial charge in [-0.3, -0.25) is 9.58 Å². The smallest absolute Gasteiger partial charge is 0.222 e. The van der Waals surface area contributed by atoms with E-state index in [2.05, 4.69) is 50.6 Å². The molecular weight excluding hydrogens is 404 g/mol. The fourth-order valence-electron chi connectivity index (χ4n) is 4.83. The van der Waals surface area contributed by atoms with Crippen LogP contribution in [0, 0.1) is 0 Å². The van der Waals surface area contributed by atoms with Crippen LogP contribution in [0.5, 0.6) is 5.75 Å². The molecule has 2 atom stereocenters. The van der Waals surface area contributed by atoms with Crippen LogP contribution < -0.4 is 21.1 Å². The number of benzene rings is 1. The van der Waals surface area contributed by atoms with E-state index in [9.17, 15) is 0 Å². The number of ether oxygens (including phenoxy) is 1. The van der Waals surface area contributed by atoms with Crippen molar-refractivity contribution in [3.63, 3.8) is 0 Å².